The van der Waals surface area contributed by atoms with Crippen molar-refractivity contribution in [3.05, 3.63) is 29.6 Å². The molecule has 1 atom stereocenters. The van der Waals surface area contributed by atoms with Crippen LogP contribution in [0.4, 0.5) is 10.1 Å². The Kier molecular flexibility index (Phi) is 7.68. The molecule has 1 aromatic carbocycles. The van der Waals surface area contributed by atoms with Gasteiger partial charge in [0, 0.05) is 18.8 Å². The number of aliphatic hydroxyl groups excluding tert-OH is 1. The fourth-order valence-electron chi connectivity index (χ4n) is 2.42. The Morgan fingerprint density at radius 2 is 1.96 bits per heavy atom. The maximum atomic E-state index is 13.0. The Balaban J connectivity index is 2.54. The van der Waals surface area contributed by atoms with Gasteiger partial charge >= 0.3 is 11.8 Å². The van der Waals surface area contributed by atoms with Crippen molar-refractivity contribution in [3.8, 4) is 0 Å². The minimum absolute atomic E-state index is 0.0498. The van der Waals surface area contributed by atoms with Crippen molar-refractivity contribution >= 4 is 17.5 Å². The monoisotopic (exact) mass is 324 g/mol. The van der Waals surface area contributed by atoms with E-state index in [-0.39, 0.29) is 12.5 Å². The van der Waals surface area contributed by atoms with Gasteiger partial charge in [-0.1, -0.05) is 13.8 Å². The molecule has 0 fully saturated rings. The molecule has 5 nitrogen and oxygen atoms in total. The van der Waals surface area contributed by atoms with E-state index in [1.807, 2.05) is 0 Å². The third kappa shape index (κ3) is 6.78. The molecule has 0 aliphatic heterocycles. The van der Waals surface area contributed by atoms with Gasteiger partial charge in [0.15, 0.2) is 0 Å². The van der Waals surface area contributed by atoms with Crippen molar-refractivity contribution in [3.63, 3.8) is 0 Å². The van der Waals surface area contributed by atoms with Crippen molar-refractivity contribution < 1.29 is 19.1 Å². The highest BCUT2D eigenvalue weighted by Gasteiger charge is 2.17. The third-order valence-electron chi connectivity index (χ3n) is 3.54. The molecule has 128 valence electrons. The average molecular weight is 324 g/mol. The Morgan fingerprint density at radius 3 is 2.52 bits per heavy atom. The van der Waals surface area contributed by atoms with Crippen LogP contribution in [0.1, 0.15) is 32.3 Å². The third-order valence-corrected chi connectivity index (χ3v) is 3.54. The van der Waals surface area contributed by atoms with Crippen LogP contribution in [-0.4, -0.2) is 30.1 Å². The average Bonchev–Trinajstić information content (AvgIpc) is 2.47. The molecule has 0 radical (unpaired) electrons. The largest absolute Gasteiger partial charge is 0.396 e. The van der Waals surface area contributed by atoms with Crippen LogP contribution in [-0.2, 0) is 9.59 Å². The van der Waals surface area contributed by atoms with E-state index in [0.717, 1.165) is 6.42 Å². The van der Waals surface area contributed by atoms with Gasteiger partial charge in [-0.3, -0.25) is 9.59 Å². The first-order chi connectivity index (χ1) is 10.8. The molecule has 3 N–H and O–H groups in total. The van der Waals surface area contributed by atoms with E-state index in [1.54, 1.807) is 6.92 Å². The van der Waals surface area contributed by atoms with Crippen molar-refractivity contribution in [1.82, 2.24) is 5.32 Å². The standard InChI is InChI=1S/C17H25FN2O3/c1-11(2)8-13(6-7-21)10-19-16(22)17(23)20-15-5-4-14(18)9-12(15)3/h4-5,9,11,13,21H,6-8,10H2,1-3H3,(H,19,22)(H,20,23). The summed E-state index contributed by atoms with van der Waals surface area (Å²) in [6, 6.07) is 3.93. The summed E-state index contributed by atoms with van der Waals surface area (Å²) >= 11 is 0. The molecule has 0 aliphatic carbocycles. The van der Waals surface area contributed by atoms with Crippen LogP contribution in [0, 0.1) is 24.6 Å². The first-order valence-corrected chi connectivity index (χ1v) is 7.79. The van der Waals surface area contributed by atoms with Gasteiger partial charge in [-0.15, -0.1) is 0 Å². The molecule has 0 bridgehead atoms. The van der Waals surface area contributed by atoms with Crippen LogP contribution in [0.25, 0.3) is 0 Å². The molecule has 0 aromatic heterocycles. The van der Waals surface area contributed by atoms with Crippen molar-refractivity contribution in [2.24, 2.45) is 11.8 Å². The predicted octanol–water partition coefficient (Wildman–Crippen LogP) is 2.23. The number of hydrogen-bond acceptors (Lipinski definition) is 3. The lowest BCUT2D eigenvalue weighted by molar-refractivity contribution is -0.136. The lowest BCUT2D eigenvalue weighted by Gasteiger charge is -2.18. The lowest BCUT2D eigenvalue weighted by Crippen LogP contribution is -2.38. The minimum atomic E-state index is -0.785. The van der Waals surface area contributed by atoms with E-state index in [4.69, 9.17) is 5.11 Å². The molecule has 0 spiro atoms. The topological polar surface area (TPSA) is 78.4 Å². The number of aliphatic hydroxyl groups is 1. The van der Waals surface area contributed by atoms with Gasteiger partial charge in [-0.05, 0) is 55.4 Å². The van der Waals surface area contributed by atoms with Crippen LogP contribution in [0.3, 0.4) is 0 Å². The normalized spacial score (nSPS) is 12.1. The number of benzene rings is 1. The first kappa shape index (κ1) is 19.1. The van der Waals surface area contributed by atoms with Crippen molar-refractivity contribution in [2.75, 3.05) is 18.5 Å². The summed E-state index contributed by atoms with van der Waals surface area (Å²) in [5.74, 6) is -1.35. The number of hydrogen-bond donors (Lipinski definition) is 3. The molecule has 0 aliphatic rings. The molecule has 6 heteroatoms. The number of carbonyl (C=O) groups is 2. The molecule has 0 saturated carbocycles. The molecular formula is C17H25FN2O3. The fourth-order valence-corrected chi connectivity index (χ4v) is 2.42. The maximum Gasteiger partial charge on any atom is 0.313 e. The Bertz CT molecular complexity index is 547. The summed E-state index contributed by atoms with van der Waals surface area (Å²) in [5, 5.41) is 14.1. The van der Waals surface area contributed by atoms with Crippen LogP contribution in [0.15, 0.2) is 18.2 Å². The van der Waals surface area contributed by atoms with Gasteiger partial charge in [0.05, 0.1) is 0 Å². The van der Waals surface area contributed by atoms with Crippen LogP contribution >= 0.6 is 0 Å². The van der Waals surface area contributed by atoms with E-state index in [1.165, 1.54) is 18.2 Å². The second-order valence-corrected chi connectivity index (χ2v) is 6.13. The molecule has 0 saturated heterocycles. The summed E-state index contributed by atoms with van der Waals surface area (Å²) < 4.78 is 13.0. The number of halogens is 1. The number of carbonyl (C=O) groups excluding carboxylic acids is 2. The number of rotatable bonds is 7. The van der Waals surface area contributed by atoms with Crippen LogP contribution in [0.2, 0.25) is 0 Å². The molecule has 2 amide bonds. The molecular weight excluding hydrogens is 299 g/mol. The van der Waals surface area contributed by atoms with E-state index in [0.29, 0.717) is 30.1 Å². The summed E-state index contributed by atoms with van der Waals surface area (Å²) in [6.45, 7) is 6.17. The SMILES string of the molecule is Cc1cc(F)ccc1NC(=O)C(=O)NCC(CCO)CC(C)C. The van der Waals surface area contributed by atoms with Gasteiger partial charge in [0.2, 0.25) is 0 Å². The first-order valence-electron chi connectivity index (χ1n) is 7.79. The fraction of sp³-hybridized carbons (Fsp3) is 0.529. The second kappa shape index (κ2) is 9.25. The van der Waals surface area contributed by atoms with Gasteiger partial charge in [0.1, 0.15) is 5.82 Å². The summed E-state index contributed by atoms with van der Waals surface area (Å²) in [4.78, 5) is 23.7. The summed E-state index contributed by atoms with van der Waals surface area (Å²) in [5.41, 5.74) is 0.949. The van der Waals surface area contributed by atoms with Crippen LogP contribution < -0.4 is 10.6 Å². The highest BCUT2D eigenvalue weighted by molar-refractivity contribution is 6.39. The number of anilines is 1. The molecule has 1 unspecified atom stereocenters. The van der Waals surface area contributed by atoms with E-state index >= 15 is 0 Å². The highest BCUT2D eigenvalue weighted by atomic mass is 19.1. The zero-order valence-electron chi connectivity index (χ0n) is 13.9. The highest BCUT2D eigenvalue weighted by Crippen LogP contribution is 2.16. The lowest BCUT2D eigenvalue weighted by atomic mass is 9.94. The molecule has 23 heavy (non-hydrogen) atoms. The molecule has 1 aromatic rings. The van der Waals surface area contributed by atoms with Gasteiger partial charge < -0.3 is 15.7 Å². The minimum Gasteiger partial charge on any atom is -0.396 e. The van der Waals surface area contributed by atoms with Gasteiger partial charge in [-0.2, -0.15) is 0 Å². The zero-order chi connectivity index (χ0) is 17.4. The Morgan fingerprint density at radius 1 is 1.26 bits per heavy atom. The summed E-state index contributed by atoms with van der Waals surface area (Å²) in [7, 11) is 0. The number of aryl methyl sites for hydroxylation is 1. The van der Waals surface area contributed by atoms with E-state index in [2.05, 4.69) is 24.5 Å². The van der Waals surface area contributed by atoms with Crippen molar-refractivity contribution in [2.45, 2.75) is 33.6 Å². The predicted molar refractivity (Wildman–Crippen MR) is 87.4 cm³/mol. The van der Waals surface area contributed by atoms with Crippen molar-refractivity contribution in [1.29, 1.82) is 0 Å². The van der Waals surface area contributed by atoms with Crippen LogP contribution in [0.5, 0.6) is 0 Å². The van der Waals surface area contributed by atoms with Gasteiger partial charge in [0.25, 0.3) is 0 Å². The Labute approximate surface area is 136 Å². The molecule has 0 heterocycles. The second-order valence-electron chi connectivity index (χ2n) is 6.13. The summed E-state index contributed by atoms with van der Waals surface area (Å²) in [6.07, 6.45) is 1.44. The maximum absolute atomic E-state index is 13.0. The smallest absolute Gasteiger partial charge is 0.313 e. The number of nitrogens with one attached hydrogen (secondary N) is 2. The Hall–Kier alpha value is -1.95. The zero-order valence-corrected chi connectivity index (χ0v) is 13.9. The number of amides is 2. The van der Waals surface area contributed by atoms with E-state index in [9.17, 15) is 14.0 Å². The molecule has 1 rings (SSSR count). The van der Waals surface area contributed by atoms with Gasteiger partial charge in [-0.25, -0.2) is 4.39 Å². The van der Waals surface area contributed by atoms with E-state index < -0.39 is 17.6 Å². The quantitative estimate of drug-likeness (QED) is 0.673.